The van der Waals surface area contributed by atoms with Crippen LogP contribution in [0.5, 0.6) is 0 Å². The molecule has 0 aliphatic carbocycles. The van der Waals surface area contributed by atoms with Crippen LogP contribution in [0.1, 0.15) is 16.1 Å². The lowest BCUT2D eigenvalue weighted by Gasteiger charge is -2.13. The molecule has 26 heavy (non-hydrogen) atoms. The molecule has 5 heteroatoms. The van der Waals surface area contributed by atoms with E-state index in [1.807, 2.05) is 54.6 Å². The van der Waals surface area contributed by atoms with E-state index in [4.69, 9.17) is 4.99 Å². The van der Waals surface area contributed by atoms with Gasteiger partial charge in [0.1, 0.15) is 5.69 Å². The Labute approximate surface area is 150 Å². The van der Waals surface area contributed by atoms with Gasteiger partial charge in [0.15, 0.2) is 0 Å². The van der Waals surface area contributed by atoms with Gasteiger partial charge in [0, 0.05) is 36.4 Å². The first-order chi connectivity index (χ1) is 12.8. The molecule has 0 spiro atoms. The summed E-state index contributed by atoms with van der Waals surface area (Å²) in [6.45, 7) is 0. The zero-order valence-corrected chi connectivity index (χ0v) is 14.0. The molecular formula is C21H16N4O. The highest BCUT2D eigenvalue weighted by Gasteiger charge is 2.16. The van der Waals surface area contributed by atoms with Crippen molar-refractivity contribution in [2.75, 3.05) is 0 Å². The average Bonchev–Trinajstić information content (AvgIpc) is 2.88. The number of amides is 1. The van der Waals surface area contributed by atoms with Crippen molar-refractivity contribution < 1.29 is 4.79 Å². The summed E-state index contributed by atoms with van der Waals surface area (Å²) in [5, 5.41) is 1.72. The third-order valence-electron chi connectivity index (χ3n) is 4.01. The molecule has 1 amide bonds. The van der Waals surface area contributed by atoms with Crippen LogP contribution in [-0.2, 0) is 6.42 Å². The summed E-state index contributed by atoms with van der Waals surface area (Å²) >= 11 is 0. The molecule has 2 aromatic carbocycles. The molecule has 3 aromatic rings. The molecule has 0 saturated heterocycles. The molecule has 0 N–H and O–H groups in total. The van der Waals surface area contributed by atoms with E-state index < -0.39 is 0 Å². The number of aromatic nitrogens is 2. The van der Waals surface area contributed by atoms with Gasteiger partial charge in [-0.05, 0) is 11.6 Å². The molecule has 0 atom stereocenters. The molecule has 0 radical (unpaired) electrons. The standard InChI is InChI=1S/C21H16N4O/c26-21(20-13-22-10-11-23-20)25-14-17-8-4-5-9-19(17)24-18(15-25)12-16-6-2-1-3-7-16/h1-11,13-15H,12H2. The zero-order chi connectivity index (χ0) is 17.8. The number of allylic oxidation sites excluding steroid dienone is 1. The molecule has 0 fully saturated rings. The van der Waals surface area contributed by atoms with Crippen molar-refractivity contribution in [1.82, 2.24) is 14.9 Å². The van der Waals surface area contributed by atoms with Gasteiger partial charge < -0.3 is 0 Å². The van der Waals surface area contributed by atoms with Crippen LogP contribution < -0.4 is 10.6 Å². The van der Waals surface area contributed by atoms with Crippen molar-refractivity contribution in [2.24, 2.45) is 4.99 Å². The van der Waals surface area contributed by atoms with Crippen LogP contribution >= 0.6 is 0 Å². The Kier molecular flexibility index (Phi) is 4.35. The first kappa shape index (κ1) is 15.9. The SMILES string of the molecule is O=C(c1cnccn1)N1C=C(Cc2ccccc2)N=c2ccccc2=C1. The molecule has 5 nitrogen and oxygen atoms in total. The maximum atomic E-state index is 12.9. The molecule has 0 bridgehead atoms. The predicted molar refractivity (Wildman–Crippen MR) is 98.1 cm³/mol. The van der Waals surface area contributed by atoms with E-state index in [0.29, 0.717) is 12.1 Å². The van der Waals surface area contributed by atoms with Crippen molar-refractivity contribution in [3.63, 3.8) is 0 Å². The van der Waals surface area contributed by atoms with Gasteiger partial charge in [-0.15, -0.1) is 0 Å². The number of para-hydroxylation sites is 1. The Morgan fingerprint density at radius 3 is 2.54 bits per heavy atom. The van der Waals surface area contributed by atoms with Crippen LogP contribution in [0.15, 0.2) is 90.1 Å². The summed E-state index contributed by atoms with van der Waals surface area (Å²) in [5.41, 5.74) is 2.22. The summed E-state index contributed by atoms with van der Waals surface area (Å²) in [6, 6.07) is 17.8. The van der Waals surface area contributed by atoms with Crippen LogP contribution in [0.25, 0.3) is 6.20 Å². The quantitative estimate of drug-likeness (QED) is 0.733. The minimum absolute atomic E-state index is 0.240. The number of hydrogen-bond acceptors (Lipinski definition) is 4. The van der Waals surface area contributed by atoms with Crippen LogP contribution in [0.4, 0.5) is 0 Å². The largest absolute Gasteiger partial charge is 0.287 e. The van der Waals surface area contributed by atoms with Crippen molar-refractivity contribution in [3.05, 3.63) is 107 Å². The van der Waals surface area contributed by atoms with Crippen molar-refractivity contribution in [1.29, 1.82) is 0 Å². The molecular weight excluding hydrogens is 324 g/mol. The zero-order valence-electron chi connectivity index (χ0n) is 14.0. The summed E-state index contributed by atoms with van der Waals surface area (Å²) in [7, 11) is 0. The third kappa shape index (κ3) is 3.42. The lowest BCUT2D eigenvalue weighted by Crippen LogP contribution is -2.28. The Morgan fingerprint density at radius 1 is 0.923 bits per heavy atom. The summed E-state index contributed by atoms with van der Waals surface area (Å²) in [4.78, 5) is 27.3. The Hall–Kier alpha value is -3.60. The highest BCUT2D eigenvalue weighted by atomic mass is 16.2. The highest BCUT2D eigenvalue weighted by Crippen LogP contribution is 2.13. The maximum absolute atomic E-state index is 12.9. The lowest BCUT2D eigenvalue weighted by atomic mass is 10.1. The second-order valence-corrected chi connectivity index (χ2v) is 5.89. The van der Waals surface area contributed by atoms with Gasteiger partial charge in [0.05, 0.1) is 17.3 Å². The fourth-order valence-electron chi connectivity index (χ4n) is 2.78. The lowest BCUT2D eigenvalue weighted by molar-refractivity contribution is 0.0877. The fourth-order valence-corrected chi connectivity index (χ4v) is 2.78. The number of hydrogen-bond donors (Lipinski definition) is 0. The number of benzene rings is 2. The van der Waals surface area contributed by atoms with E-state index in [2.05, 4.69) is 9.97 Å². The maximum Gasteiger partial charge on any atom is 0.282 e. The molecule has 0 unspecified atom stereocenters. The second-order valence-electron chi connectivity index (χ2n) is 5.89. The van der Waals surface area contributed by atoms with E-state index in [9.17, 15) is 4.79 Å². The predicted octanol–water partition coefficient (Wildman–Crippen LogP) is 2.07. The van der Waals surface area contributed by atoms with Crippen molar-refractivity contribution in [3.8, 4) is 0 Å². The van der Waals surface area contributed by atoms with Crippen LogP contribution in [0, 0.1) is 0 Å². The number of rotatable bonds is 3. The topological polar surface area (TPSA) is 58.5 Å². The summed E-state index contributed by atoms with van der Waals surface area (Å²) < 4.78 is 0. The average molecular weight is 340 g/mol. The number of carbonyl (C=O) groups is 1. The molecule has 0 saturated carbocycles. The smallest absolute Gasteiger partial charge is 0.282 e. The Bertz CT molecular complexity index is 1080. The van der Waals surface area contributed by atoms with Crippen molar-refractivity contribution >= 4 is 12.1 Å². The summed E-state index contributed by atoms with van der Waals surface area (Å²) in [6.07, 6.45) is 8.71. The molecule has 1 aliphatic heterocycles. The minimum atomic E-state index is -0.240. The van der Waals surface area contributed by atoms with Gasteiger partial charge >= 0.3 is 0 Å². The molecule has 4 rings (SSSR count). The molecule has 126 valence electrons. The normalized spacial score (nSPS) is 12.9. The Balaban J connectivity index is 1.78. The van der Waals surface area contributed by atoms with Gasteiger partial charge in [-0.3, -0.25) is 19.7 Å². The first-order valence-electron chi connectivity index (χ1n) is 8.28. The van der Waals surface area contributed by atoms with Crippen LogP contribution in [0.3, 0.4) is 0 Å². The molecule has 2 heterocycles. The Morgan fingerprint density at radius 2 is 1.73 bits per heavy atom. The van der Waals surface area contributed by atoms with E-state index >= 15 is 0 Å². The molecule has 1 aliphatic rings. The monoisotopic (exact) mass is 340 g/mol. The van der Waals surface area contributed by atoms with Gasteiger partial charge in [0.25, 0.3) is 5.91 Å². The van der Waals surface area contributed by atoms with Gasteiger partial charge in [-0.1, -0.05) is 48.5 Å². The molecule has 1 aromatic heterocycles. The fraction of sp³-hybridized carbons (Fsp3) is 0.0476. The number of nitrogens with zero attached hydrogens (tertiary/aromatic N) is 4. The number of fused-ring (bicyclic) bond motifs is 1. The second kappa shape index (κ2) is 7.11. The van der Waals surface area contributed by atoms with Crippen LogP contribution in [-0.4, -0.2) is 20.8 Å². The first-order valence-corrected chi connectivity index (χ1v) is 8.28. The van der Waals surface area contributed by atoms with E-state index in [0.717, 1.165) is 21.8 Å². The van der Waals surface area contributed by atoms with Gasteiger partial charge in [0.2, 0.25) is 0 Å². The van der Waals surface area contributed by atoms with E-state index in [1.165, 1.54) is 17.3 Å². The summed E-state index contributed by atoms with van der Waals surface area (Å²) in [5.74, 6) is -0.240. The van der Waals surface area contributed by atoms with Crippen molar-refractivity contribution in [2.45, 2.75) is 6.42 Å². The highest BCUT2D eigenvalue weighted by molar-refractivity contribution is 5.95. The number of carbonyl (C=O) groups excluding carboxylic acids is 1. The minimum Gasteiger partial charge on any atom is -0.287 e. The van der Waals surface area contributed by atoms with Gasteiger partial charge in [-0.25, -0.2) is 4.98 Å². The van der Waals surface area contributed by atoms with E-state index in [1.54, 1.807) is 18.6 Å². The third-order valence-corrected chi connectivity index (χ3v) is 4.01. The van der Waals surface area contributed by atoms with Crippen LogP contribution in [0.2, 0.25) is 0 Å². The van der Waals surface area contributed by atoms with Gasteiger partial charge in [-0.2, -0.15) is 0 Å². The van der Waals surface area contributed by atoms with E-state index in [-0.39, 0.29) is 5.91 Å².